The van der Waals surface area contributed by atoms with E-state index in [4.69, 9.17) is 9.47 Å². The van der Waals surface area contributed by atoms with Gasteiger partial charge in [-0.25, -0.2) is 10.9 Å². The molecule has 0 bridgehead atoms. The Hall–Kier alpha value is -2.72. The Balaban J connectivity index is 1.77. The Labute approximate surface area is 191 Å². The zero-order valence-corrected chi connectivity index (χ0v) is 19.5. The number of hydrazone groups is 2. The number of hydrogen-bond donors (Lipinski definition) is 2. The van der Waals surface area contributed by atoms with Gasteiger partial charge in [-0.2, -0.15) is 10.2 Å². The fourth-order valence-electron chi connectivity index (χ4n) is 2.18. The van der Waals surface area contributed by atoms with Crippen molar-refractivity contribution in [2.24, 2.45) is 10.2 Å². The molecule has 0 atom stereocenters. The summed E-state index contributed by atoms with van der Waals surface area (Å²) in [6, 6.07) is 10.8. The van der Waals surface area contributed by atoms with E-state index in [0.717, 1.165) is 20.1 Å². The third-order valence-electron chi connectivity index (χ3n) is 3.77. The van der Waals surface area contributed by atoms with Gasteiger partial charge < -0.3 is 9.47 Å². The van der Waals surface area contributed by atoms with Gasteiger partial charge in [0.2, 0.25) is 11.8 Å². The highest BCUT2D eigenvalue weighted by atomic mass is 79.9. The molecule has 2 aromatic rings. The zero-order valence-electron chi connectivity index (χ0n) is 16.3. The highest BCUT2D eigenvalue weighted by Crippen LogP contribution is 2.21. The van der Waals surface area contributed by atoms with Crippen LogP contribution in [0.25, 0.3) is 0 Å². The van der Waals surface area contributed by atoms with E-state index in [1.54, 1.807) is 38.5 Å². The van der Waals surface area contributed by atoms with Gasteiger partial charge in [0, 0.05) is 32.9 Å². The van der Waals surface area contributed by atoms with Crippen molar-refractivity contribution in [2.45, 2.75) is 12.8 Å². The second-order valence-corrected chi connectivity index (χ2v) is 7.57. The highest BCUT2D eigenvalue weighted by Gasteiger charge is 2.06. The van der Waals surface area contributed by atoms with E-state index in [1.807, 2.05) is 12.1 Å². The van der Waals surface area contributed by atoms with Crippen LogP contribution in [0.2, 0.25) is 0 Å². The Kier molecular flexibility index (Phi) is 9.49. The molecule has 2 amide bonds. The van der Waals surface area contributed by atoms with Crippen molar-refractivity contribution in [1.29, 1.82) is 0 Å². The minimum atomic E-state index is -0.389. The number of rotatable bonds is 9. The van der Waals surface area contributed by atoms with E-state index in [-0.39, 0.29) is 24.7 Å². The molecule has 0 heterocycles. The molecular formula is C20H20Br2N4O4. The molecule has 0 aliphatic heterocycles. The summed E-state index contributed by atoms with van der Waals surface area (Å²) < 4.78 is 11.9. The molecule has 0 spiro atoms. The third kappa shape index (κ3) is 7.60. The van der Waals surface area contributed by atoms with Gasteiger partial charge in [0.1, 0.15) is 11.5 Å². The van der Waals surface area contributed by atoms with Crippen molar-refractivity contribution in [2.75, 3.05) is 14.2 Å². The van der Waals surface area contributed by atoms with Crippen molar-refractivity contribution in [1.82, 2.24) is 10.9 Å². The number of benzene rings is 2. The van der Waals surface area contributed by atoms with Crippen molar-refractivity contribution < 1.29 is 19.1 Å². The van der Waals surface area contributed by atoms with Crippen LogP contribution >= 0.6 is 31.9 Å². The lowest BCUT2D eigenvalue weighted by molar-refractivity contribution is -0.126. The molecule has 0 radical (unpaired) electrons. The monoisotopic (exact) mass is 538 g/mol. The summed E-state index contributed by atoms with van der Waals surface area (Å²) in [5.41, 5.74) is 6.25. The zero-order chi connectivity index (χ0) is 21.9. The molecular weight excluding hydrogens is 520 g/mol. The summed E-state index contributed by atoms with van der Waals surface area (Å²) in [4.78, 5) is 23.7. The second kappa shape index (κ2) is 12.1. The molecule has 10 heteroatoms. The number of hydrogen-bond acceptors (Lipinski definition) is 6. The van der Waals surface area contributed by atoms with Crippen LogP contribution < -0.4 is 20.3 Å². The van der Waals surface area contributed by atoms with Gasteiger partial charge in [0.15, 0.2) is 0 Å². The van der Waals surface area contributed by atoms with E-state index in [9.17, 15) is 9.59 Å². The summed E-state index contributed by atoms with van der Waals surface area (Å²) in [5.74, 6) is 0.563. The summed E-state index contributed by atoms with van der Waals surface area (Å²) >= 11 is 6.79. The fraction of sp³-hybridized carbons (Fsp3) is 0.200. The number of carbonyl (C=O) groups is 2. The van der Waals surface area contributed by atoms with Crippen molar-refractivity contribution in [3.63, 3.8) is 0 Å². The maximum Gasteiger partial charge on any atom is 0.240 e. The number of methoxy groups -OCH3 is 2. The first-order valence-corrected chi connectivity index (χ1v) is 10.3. The molecule has 30 heavy (non-hydrogen) atoms. The van der Waals surface area contributed by atoms with Crippen LogP contribution in [0.3, 0.4) is 0 Å². The van der Waals surface area contributed by atoms with E-state index in [0.29, 0.717) is 11.5 Å². The van der Waals surface area contributed by atoms with Gasteiger partial charge >= 0.3 is 0 Å². The Bertz CT molecular complexity index is 886. The topological polar surface area (TPSA) is 101 Å². The first-order valence-electron chi connectivity index (χ1n) is 8.74. The Morgan fingerprint density at radius 3 is 1.60 bits per heavy atom. The van der Waals surface area contributed by atoms with Crippen LogP contribution in [-0.2, 0) is 9.59 Å². The van der Waals surface area contributed by atoms with Crippen molar-refractivity contribution >= 4 is 56.1 Å². The lowest BCUT2D eigenvalue weighted by Gasteiger charge is -2.04. The molecule has 0 aliphatic carbocycles. The lowest BCUT2D eigenvalue weighted by Crippen LogP contribution is -2.22. The van der Waals surface area contributed by atoms with Crippen LogP contribution in [0.15, 0.2) is 55.5 Å². The normalized spacial score (nSPS) is 10.9. The summed E-state index contributed by atoms with van der Waals surface area (Å²) in [6.07, 6.45) is 2.92. The fourth-order valence-corrected chi connectivity index (χ4v) is 2.88. The molecule has 2 rings (SSSR count). The van der Waals surface area contributed by atoms with Crippen LogP contribution in [0.1, 0.15) is 24.0 Å². The minimum absolute atomic E-state index is 0.0270. The quantitative estimate of drug-likeness (QED) is 0.375. The average molecular weight is 540 g/mol. The van der Waals surface area contributed by atoms with Crippen LogP contribution in [0.4, 0.5) is 0 Å². The maximum absolute atomic E-state index is 11.9. The number of carbonyl (C=O) groups excluding carboxylic acids is 2. The number of ether oxygens (including phenoxy) is 2. The van der Waals surface area contributed by atoms with Gasteiger partial charge in [-0.05, 0) is 36.4 Å². The molecule has 2 N–H and O–H groups in total. The Morgan fingerprint density at radius 1 is 0.833 bits per heavy atom. The molecule has 158 valence electrons. The molecule has 0 saturated carbocycles. The molecule has 0 unspecified atom stereocenters. The highest BCUT2D eigenvalue weighted by molar-refractivity contribution is 9.10. The van der Waals surface area contributed by atoms with Gasteiger partial charge in [0.05, 0.1) is 26.6 Å². The van der Waals surface area contributed by atoms with Crippen LogP contribution in [0.5, 0.6) is 11.5 Å². The standard InChI is InChI=1S/C20H20Br2N4O4/c1-29-15-3-5-17(21)13(9-15)11-23-25-19(27)7-8-20(28)26-24-12-14-10-16(30-2)4-6-18(14)22/h3-6,9-12H,7-8H2,1-2H3,(H,25,27)(H,26,28)/b23-11+,24-12+. The molecule has 8 nitrogen and oxygen atoms in total. The largest absolute Gasteiger partial charge is 0.497 e. The first-order chi connectivity index (χ1) is 14.4. The maximum atomic E-state index is 11.9. The second-order valence-electron chi connectivity index (χ2n) is 5.86. The SMILES string of the molecule is COc1ccc(Br)c(/C=N/NC(=O)CCC(=O)N/N=C/c2cc(OC)ccc2Br)c1. The van der Waals surface area contributed by atoms with E-state index >= 15 is 0 Å². The third-order valence-corrected chi connectivity index (χ3v) is 5.22. The van der Waals surface area contributed by atoms with Gasteiger partial charge in [-0.15, -0.1) is 0 Å². The first kappa shape index (κ1) is 23.6. The van der Waals surface area contributed by atoms with Crippen LogP contribution in [0, 0.1) is 0 Å². The molecule has 0 fully saturated rings. The van der Waals surface area contributed by atoms with Gasteiger partial charge in [-0.3, -0.25) is 9.59 Å². The smallest absolute Gasteiger partial charge is 0.240 e. The molecule has 0 saturated heterocycles. The summed E-state index contributed by atoms with van der Waals surface area (Å²) in [5, 5.41) is 7.79. The van der Waals surface area contributed by atoms with Crippen molar-refractivity contribution in [3.05, 3.63) is 56.5 Å². The number of amides is 2. The van der Waals surface area contributed by atoms with E-state index in [1.165, 1.54) is 12.4 Å². The lowest BCUT2D eigenvalue weighted by atomic mass is 10.2. The minimum Gasteiger partial charge on any atom is -0.497 e. The van der Waals surface area contributed by atoms with Gasteiger partial charge in [-0.1, -0.05) is 31.9 Å². The summed E-state index contributed by atoms with van der Waals surface area (Å²) in [6.45, 7) is 0. The molecule has 0 aromatic heterocycles. The number of halogens is 2. The van der Waals surface area contributed by atoms with E-state index in [2.05, 4.69) is 52.9 Å². The predicted octanol–water partition coefficient (Wildman–Crippen LogP) is 3.61. The van der Waals surface area contributed by atoms with Crippen molar-refractivity contribution in [3.8, 4) is 11.5 Å². The molecule has 0 aliphatic rings. The van der Waals surface area contributed by atoms with Gasteiger partial charge in [0.25, 0.3) is 0 Å². The summed E-state index contributed by atoms with van der Waals surface area (Å²) in [7, 11) is 3.13. The molecule has 2 aromatic carbocycles. The number of nitrogens with one attached hydrogen (secondary N) is 2. The average Bonchev–Trinajstić information content (AvgIpc) is 2.75. The number of nitrogens with zero attached hydrogens (tertiary/aromatic N) is 2. The predicted molar refractivity (Wildman–Crippen MR) is 122 cm³/mol. The van der Waals surface area contributed by atoms with Crippen LogP contribution in [-0.4, -0.2) is 38.5 Å². The van der Waals surface area contributed by atoms with E-state index < -0.39 is 0 Å². The Morgan fingerprint density at radius 2 is 1.23 bits per heavy atom.